The molecule has 0 spiro atoms. The van der Waals surface area contributed by atoms with Crippen LogP contribution in [0.15, 0.2) is 22.7 Å². The number of fused-ring (bicyclic) bond motifs is 1. The van der Waals surface area contributed by atoms with Gasteiger partial charge in [0.2, 0.25) is 0 Å². The van der Waals surface area contributed by atoms with Crippen LogP contribution >= 0.6 is 27.3 Å². The highest BCUT2D eigenvalue weighted by Gasteiger charge is 2.10. The van der Waals surface area contributed by atoms with Crippen LogP contribution < -0.4 is 5.32 Å². The third-order valence-corrected chi connectivity index (χ3v) is 4.63. The highest BCUT2D eigenvalue weighted by Crippen LogP contribution is 2.28. The van der Waals surface area contributed by atoms with Gasteiger partial charge in [-0.3, -0.25) is 4.90 Å². The Bertz CT molecular complexity index is 554. The summed E-state index contributed by atoms with van der Waals surface area (Å²) in [4.78, 5) is 7.00. The van der Waals surface area contributed by atoms with E-state index in [0.29, 0.717) is 0 Å². The van der Waals surface area contributed by atoms with E-state index in [1.54, 1.807) is 11.3 Å². The largest absolute Gasteiger partial charge is 0.379 e. The maximum Gasteiger partial charge on any atom is 0.183 e. The Balaban J connectivity index is 1.56. The second-order valence-corrected chi connectivity index (χ2v) is 6.46. The van der Waals surface area contributed by atoms with Crippen molar-refractivity contribution >= 4 is 42.6 Å². The van der Waals surface area contributed by atoms with Gasteiger partial charge in [0.05, 0.1) is 23.4 Å². The molecule has 3 rings (SSSR count). The first kappa shape index (κ1) is 13.3. The number of ether oxygens (including phenoxy) is 1. The Morgan fingerprint density at radius 1 is 1.37 bits per heavy atom. The van der Waals surface area contributed by atoms with Gasteiger partial charge in [-0.1, -0.05) is 27.3 Å². The number of hydrogen-bond donors (Lipinski definition) is 1. The van der Waals surface area contributed by atoms with Gasteiger partial charge < -0.3 is 10.1 Å². The zero-order chi connectivity index (χ0) is 13.1. The monoisotopic (exact) mass is 341 g/mol. The fourth-order valence-electron chi connectivity index (χ4n) is 2.12. The minimum absolute atomic E-state index is 0.856. The lowest BCUT2D eigenvalue weighted by Crippen LogP contribution is -2.38. The first-order valence-electron chi connectivity index (χ1n) is 6.41. The Hall–Kier alpha value is -0.690. The third-order valence-electron chi connectivity index (χ3n) is 3.16. The van der Waals surface area contributed by atoms with Crippen molar-refractivity contribution in [2.75, 3.05) is 44.7 Å². The second-order valence-electron chi connectivity index (χ2n) is 4.51. The van der Waals surface area contributed by atoms with Crippen molar-refractivity contribution in [2.24, 2.45) is 0 Å². The van der Waals surface area contributed by atoms with Crippen LogP contribution in [0, 0.1) is 0 Å². The molecule has 0 saturated carbocycles. The average molecular weight is 342 g/mol. The number of halogens is 1. The van der Waals surface area contributed by atoms with E-state index in [0.717, 1.165) is 54.5 Å². The Kier molecular flexibility index (Phi) is 4.32. The summed E-state index contributed by atoms with van der Waals surface area (Å²) in [7, 11) is 0. The Morgan fingerprint density at radius 3 is 3.05 bits per heavy atom. The molecule has 1 fully saturated rings. The maximum absolute atomic E-state index is 5.34. The SMILES string of the molecule is Brc1ccc2nc(NCCN3CCOCC3)sc2c1. The summed E-state index contributed by atoms with van der Waals surface area (Å²) < 4.78 is 7.65. The Morgan fingerprint density at radius 2 is 2.21 bits per heavy atom. The zero-order valence-electron chi connectivity index (χ0n) is 10.6. The van der Waals surface area contributed by atoms with Crippen LogP contribution in [0.2, 0.25) is 0 Å². The second kappa shape index (κ2) is 6.17. The highest BCUT2D eigenvalue weighted by molar-refractivity contribution is 9.10. The lowest BCUT2D eigenvalue weighted by atomic mass is 10.3. The summed E-state index contributed by atoms with van der Waals surface area (Å²) in [6.07, 6.45) is 0. The van der Waals surface area contributed by atoms with Crippen molar-refractivity contribution in [1.82, 2.24) is 9.88 Å². The molecule has 0 aliphatic carbocycles. The molecule has 0 radical (unpaired) electrons. The molecule has 1 saturated heterocycles. The summed E-state index contributed by atoms with van der Waals surface area (Å²) in [5.74, 6) is 0. The first-order valence-corrected chi connectivity index (χ1v) is 8.02. The number of morpholine rings is 1. The van der Waals surface area contributed by atoms with E-state index in [4.69, 9.17) is 4.74 Å². The number of benzene rings is 1. The van der Waals surface area contributed by atoms with Gasteiger partial charge in [-0.2, -0.15) is 0 Å². The molecule has 1 aliphatic heterocycles. The van der Waals surface area contributed by atoms with E-state index in [9.17, 15) is 0 Å². The number of rotatable bonds is 4. The third kappa shape index (κ3) is 3.45. The molecule has 0 bridgehead atoms. The van der Waals surface area contributed by atoms with Gasteiger partial charge in [-0.15, -0.1) is 0 Å². The van der Waals surface area contributed by atoms with E-state index in [-0.39, 0.29) is 0 Å². The zero-order valence-corrected chi connectivity index (χ0v) is 13.0. The van der Waals surface area contributed by atoms with Gasteiger partial charge in [0.15, 0.2) is 5.13 Å². The van der Waals surface area contributed by atoms with E-state index >= 15 is 0 Å². The lowest BCUT2D eigenvalue weighted by molar-refractivity contribution is 0.0398. The standard InChI is InChI=1S/C13H16BrN3OS/c14-10-1-2-11-12(9-10)19-13(16-11)15-3-4-17-5-7-18-8-6-17/h1-2,9H,3-8H2,(H,15,16). The molecule has 0 amide bonds. The molecule has 1 aliphatic rings. The van der Waals surface area contributed by atoms with Crippen molar-refractivity contribution in [1.29, 1.82) is 0 Å². The summed E-state index contributed by atoms with van der Waals surface area (Å²) in [6.45, 7) is 5.76. The number of nitrogens with one attached hydrogen (secondary N) is 1. The molecule has 102 valence electrons. The van der Waals surface area contributed by atoms with Crippen LogP contribution in [-0.4, -0.2) is 49.3 Å². The average Bonchev–Trinajstić information content (AvgIpc) is 2.82. The van der Waals surface area contributed by atoms with Crippen LogP contribution in [0.25, 0.3) is 10.2 Å². The summed E-state index contributed by atoms with van der Waals surface area (Å²) in [5.41, 5.74) is 1.06. The molecule has 1 aromatic carbocycles. The van der Waals surface area contributed by atoms with Crippen LogP contribution in [0.4, 0.5) is 5.13 Å². The van der Waals surface area contributed by atoms with Gasteiger partial charge in [-0.05, 0) is 18.2 Å². The molecule has 4 nitrogen and oxygen atoms in total. The topological polar surface area (TPSA) is 37.4 Å². The molecule has 0 unspecified atom stereocenters. The van der Waals surface area contributed by atoms with Crippen molar-refractivity contribution in [3.63, 3.8) is 0 Å². The molecular weight excluding hydrogens is 326 g/mol. The van der Waals surface area contributed by atoms with Gasteiger partial charge in [0, 0.05) is 30.7 Å². The fraction of sp³-hybridized carbons (Fsp3) is 0.462. The van der Waals surface area contributed by atoms with Crippen molar-refractivity contribution < 1.29 is 4.74 Å². The summed E-state index contributed by atoms with van der Waals surface area (Å²) in [5, 5.41) is 4.41. The molecular formula is C13H16BrN3OS. The summed E-state index contributed by atoms with van der Waals surface area (Å²) in [6, 6.07) is 6.18. The molecule has 6 heteroatoms. The van der Waals surface area contributed by atoms with Crippen molar-refractivity contribution in [2.45, 2.75) is 0 Å². The van der Waals surface area contributed by atoms with Gasteiger partial charge >= 0.3 is 0 Å². The number of hydrogen-bond acceptors (Lipinski definition) is 5. The normalized spacial score (nSPS) is 16.9. The minimum atomic E-state index is 0.856. The number of nitrogens with zero attached hydrogens (tertiary/aromatic N) is 2. The fourth-order valence-corrected chi connectivity index (χ4v) is 3.56. The summed E-state index contributed by atoms with van der Waals surface area (Å²) >= 11 is 5.19. The Labute approximate surface area is 124 Å². The predicted molar refractivity (Wildman–Crippen MR) is 83.1 cm³/mol. The van der Waals surface area contributed by atoms with Crippen LogP contribution in [0.5, 0.6) is 0 Å². The van der Waals surface area contributed by atoms with Crippen molar-refractivity contribution in [3.05, 3.63) is 22.7 Å². The molecule has 19 heavy (non-hydrogen) atoms. The van der Waals surface area contributed by atoms with Crippen LogP contribution in [0.3, 0.4) is 0 Å². The van der Waals surface area contributed by atoms with Crippen LogP contribution in [0.1, 0.15) is 0 Å². The molecule has 2 aromatic rings. The highest BCUT2D eigenvalue weighted by atomic mass is 79.9. The van der Waals surface area contributed by atoms with Gasteiger partial charge in [-0.25, -0.2) is 4.98 Å². The van der Waals surface area contributed by atoms with Gasteiger partial charge in [0.1, 0.15) is 0 Å². The molecule has 1 N–H and O–H groups in total. The molecule has 2 heterocycles. The van der Waals surface area contributed by atoms with E-state index in [2.05, 4.69) is 37.2 Å². The number of aromatic nitrogens is 1. The van der Waals surface area contributed by atoms with Crippen molar-refractivity contribution in [3.8, 4) is 0 Å². The van der Waals surface area contributed by atoms with Crippen LogP contribution in [-0.2, 0) is 4.74 Å². The quantitative estimate of drug-likeness (QED) is 0.927. The maximum atomic E-state index is 5.34. The van der Waals surface area contributed by atoms with E-state index < -0.39 is 0 Å². The van der Waals surface area contributed by atoms with Gasteiger partial charge in [0.25, 0.3) is 0 Å². The predicted octanol–water partition coefficient (Wildman–Crippen LogP) is 2.80. The van der Waals surface area contributed by atoms with E-state index in [1.165, 1.54) is 4.70 Å². The molecule has 1 aromatic heterocycles. The lowest BCUT2D eigenvalue weighted by Gasteiger charge is -2.26. The molecule has 0 atom stereocenters. The first-order chi connectivity index (χ1) is 9.31. The van der Waals surface area contributed by atoms with E-state index in [1.807, 2.05) is 12.1 Å². The number of anilines is 1. The smallest absolute Gasteiger partial charge is 0.183 e. The number of thiazole rings is 1. The minimum Gasteiger partial charge on any atom is -0.379 e.